The van der Waals surface area contributed by atoms with E-state index in [1.165, 1.54) is 25.7 Å². The molecule has 0 aromatic rings. The average Bonchev–Trinajstić information content (AvgIpc) is 2.73. The van der Waals surface area contributed by atoms with Gasteiger partial charge in [-0.3, -0.25) is 0 Å². The number of hydrogen-bond donors (Lipinski definition) is 1. The highest BCUT2D eigenvalue weighted by Gasteiger charge is 2.28. The Balaban J connectivity index is 1.67. The zero-order chi connectivity index (χ0) is 7.68. The molecule has 0 aromatic carbocycles. The van der Waals surface area contributed by atoms with Crippen LogP contribution in [-0.4, -0.2) is 23.9 Å². The zero-order valence-corrected chi connectivity index (χ0v) is 6.83. The molecule has 0 aromatic heterocycles. The summed E-state index contributed by atoms with van der Waals surface area (Å²) < 4.78 is 5.12. The lowest BCUT2D eigenvalue weighted by Gasteiger charge is -2.12. The molecule has 2 aliphatic rings. The molecular formula is C9H16O2. The lowest BCUT2D eigenvalue weighted by molar-refractivity contribution is 0.125. The second kappa shape index (κ2) is 3.11. The predicted molar refractivity (Wildman–Crippen MR) is 42.3 cm³/mol. The molecule has 0 amide bonds. The largest absolute Gasteiger partial charge is 0.393 e. The third-order valence-electron chi connectivity index (χ3n) is 2.88. The van der Waals surface area contributed by atoms with E-state index >= 15 is 0 Å². The monoisotopic (exact) mass is 156 g/mol. The van der Waals surface area contributed by atoms with Gasteiger partial charge in [0.2, 0.25) is 0 Å². The van der Waals surface area contributed by atoms with Gasteiger partial charge in [-0.2, -0.15) is 0 Å². The first-order chi connectivity index (χ1) is 5.36. The van der Waals surface area contributed by atoms with Crippen molar-refractivity contribution in [1.29, 1.82) is 0 Å². The van der Waals surface area contributed by atoms with E-state index in [9.17, 15) is 5.11 Å². The van der Waals surface area contributed by atoms with Gasteiger partial charge in [-0.15, -0.1) is 0 Å². The molecular weight excluding hydrogens is 140 g/mol. The van der Waals surface area contributed by atoms with Gasteiger partial charge in [0.25, 0.3) is 0 Å². The molecule has 1 heterocycles. The first-order valence-corrected chi connectivity index (χ1v) is 4.66. The van der Waals surface area contributed by atoms with Gasteiger partial charge in [-0.25, -0.2) is 0 Å². The lowest BCUT2D eigenvalue weighted by atomic mass is 9.99. The summed E-state index contributed by atoms with van der Waals surface area (Å²) in [6.45, 7) is 0.961. The number of hydrogen-bond acceptors (Lipinski definition) is 2. The Hall–Kier alpha value is -0.0800. The van der Waals surface area contributed by atoms with Crippen molar-refractivity contribution in [3.63, 3.8) is 0 Å². The molecule has 1 saturated heterocycles. The number of aliphatic hydroxyl groups is 1. The maximum atomic E-state index is 9.48. The number of rotatable bonds is 3. The average molecular weight is 156 g/mol. The first-order valence-electron chi connectivity index (χ1n) is 4.66. The Morgan fingerprint density at radius 1 is 1.27 bits per heavy atom. The van der Waals surface area contributed by atoms with E-state index in [4.69, 9.17) is 4.74 Å². The molecule has 1 saturated carbocycles. The Morgan fingerprint density at radius 3 is 2.64 bits per heavy atom. The summed E-state index contributed by atoms with van der Waals surface area (Å²) in [6, 6.07) is 0. The van der Waals surface area contributed by atoms with Crippen LogP contribution in [0.2, 0.25) is 0 Å². The number of ether oxygens (including phenoxy) is 1. The summed E-state index contributed by atoms with van der Waals surface area (Å²) in [5.41, 5.74) is 0. The van der Waals surface area contributed by atoms with Crippen LogP contribution in [-0.2, 0) is 4.74 Å². The fourth-order valence-corrected chi connectivity index (χ4v) is 1.99. The molecule has 0 spiro atoms. The Kier molecular flexibility index (Phi) is 2.14. The van der Waals surface area contributed by atoms with Gasteiger partial charge in [0, 0.05) is 0 Å². The third kappa shape index (κ3) is 1.94. The van der Waals surface area contributed by atoms with Gasteiger partial charge >= 0.3 is 0 Å². The minimum atomic E-state index is -0.00579. The number of aliphatic hydroxyl groups excluding tert-OH is 1. The summed E-state index contributed by atoms with van der Waals surface area (Å²) in [5.74, 6) is 0.583. The molecule has 1 unspecified atom stereocenters. The van der Waals surface area contributed by atoms with E-state index in [0.717, 1.165) is 13.0 Å². The van der Waals surface area contributed by atoms with E-state index in [1.54, 1.807) is 0 Å². The van der Waals surface area contributed by atoms with Crippen molar-refractivity contribution >= 4 is 0 Å². The van der Waals surface area contributed by atoms with E-state index in [2.05, 4.69) is 0 Å². The van der Waals surface area contributed by atoms with E-state index < -0.39 is 0 Å². The zero-order valence-electron chi connectivity index (χ0n) is 6.83. The van der Waals surface area contributed by atoms with Crippen molar-refractivity contribution in [3.8, 4) is 0 Å². The van der Waals surface area contributed by atoms with Crippen molar-refractivity contribution in [2.75, 3.05) is 6.61 Å². The van der Waals surface area contributed by atoms with Crippen molar-refractivity contribution in [2.24, 2.45) is 5.92 Å². The summed E-state index contributed by atoms with van der Waals surface area (Å²) in [6.07, 6.45) is 6.35. The first kappa shape index (κ1) is 7.56. The van der Waals surface area contributed by atoms with Crippen LogP contribution >= 0.6 is 0 Å². The Labute approximate surface area is 67.6 Å². The molecule has 0 radical (unpaired) electrons. The van der Waals surface area contributed by atoms with Crippen LogP contribution in [0.3, 0.4) is 0 Å². The highest BCUT2D eigenvalue weighted by molar-refractivity contribution is 4.79. The molecule has 0 bridgehead atoms. The van der Waals surface area contributed by atoms with Gasteiger partial charge in [0.05, 0.1) is 18.8 Å². The van der Waals surface area contributed by atoms with Crippen LogP contribution in [0.1, 0.15) is 32.1 Å². The fraction of sp³-hybridized carbons (Fsp3) is 1.00. The molecule has 2 heteroatoms. The smallest absolute Gasteiger partial charge is 0.0810 e. The van der Waals surface area contributed by atoms with Crippen LogP contribution < -0.4 is 0 Å². The van der Waals surface area contributed by atoms with Gasteiger partial charge in [0.1, 0.15) is 0 Å². The Bertz CT molecular complexity index is 132. The highest BCUT2D eigenvalue weighted by Crippen LogP contribution is 2.31. The standard InChI is InChI=1S/C9H16O2/c10-9-3-1-2-7(9)4-5-8-6-11-8/h7-10H,1-6H2/t7-,8?,9+/m0/s1. The molecule has 3 atom stereocenters. The summed E-state index contributed by atoms with van der Waals surface area (Å²) >= 11 is 0. The minimum Gasteiger partial charge on any atom is -0.393 e. The molecule has 64 valence electrons. The highest BCUT2D eigenvalue weighted by atomic mass is 16.6. The topological polar surface area (TPSA) is 32.8 Å². The SMILES string of the molecule is O[C@@H]1CCC[C@H]1CCC1CO1. The van der Waals surface area contributed by atoms with Crippen LogP contribution in [0.25, 0.3) is 0 Å². The van der Waals surface area contributed by atoms with Crippen molar-refractivity contribution in [2.45, 2.75) is 44.3 Å². The molecule has 2 nitrogen and oxygen atoms in total. The maximum absolute atomic E-state index is 9.48. The summed E-state index contributed by atoms with van der Waals surface area (Å²) in [7, 11) is 0. The molecule has 1 N–H and O–H groups in total. The van der Waals surface area contributed by atoms with Crippen molar-refractivity contribution in [3.05, 3.63) is 0 Å². The third-order valence-corrected chi connectivity index (χ3v) is 2.88. The van der Waals surface area contributed by atoms with Crippen molar-refractivity contribution < 1.29 is 9.84 Å². The van der Waals surface area contributed by atoms with E-state index in [-0.39, 0.29) is 6.10 Å². The van der Waals surface area contributed by atoms with Gasteiger partial charge in [-0.05, 0) is 31.6 Å². The predicted octanol–water partition coefficient (Wildman–Crippen LogP) is 1.33. The van der Waals surface area contributed by atoms with Crippen LogP contribution in [0.4, 0.5) is 0 Å². The van der Waals surface area contributed by atoms with Crippen LogP contribution in [0.5, 0.6) is 0 Å². The van der Waals surface area contributed by atoms with E-state index in [0.29, 0.717) is 12.0 Å². The molecule has 2 rings (SSSR count). The molecule has 1 aliphatic carbocycles. The van der Waals surface area contributed by atoms with Gasteiger partial charge in [0.15, 0.2) is 0 Å². The second-order valence-electron chi connectivity index (χ2n) is 3.79. The van der Waals surface area contributed by atoms with Gasteiger partial charge < -0.3 is 9.84 Å². The summed E-state index contributed by atoms with van der Waals surface area (Å²) in [5, 5.41) is 9.48. The Morgan fingerprint density at radius 2 is 2.09 bits per heavy atom. The quantitative estimate of drug-likeness (QED) is 0.625. The maximum Gasteiger partial charge on any atom is 0.0810 e. The minimum absolute atomic E-state index is 0.00579. The van der Waals surface area contributed by atoms with Crippen LogP contribution in [0, 0.1) is 5.92 Å². The summed E-state index contributed by atoms with van der Waals surface area (Å²) in [4.78, 5) is 0. The number of epoxide rings is 1. The molecule has 1 aliphatic heterocycles. The second-order valence-corrected chi connectivity index (χ2v) is 3.79. The van der Waals surface area contributed by atoms with E-state index in [1.807, 2.05) is 0 Å². The van der Waals surface area contributed by atoms with Crippen molar-refractivity contribution in [1.82, 2.24) is 0 Å². The normalized spacial score (nSPS) is 42.8. The fourth-order valence-electron chi connectivity index (χ4n) is 1.99. The molecule has 11 heavy (non-hydrogen) atoms. The van der Waals surface area contributed by atoms with Crippen LogP contribution in [0.15, 0.2) is 0 Å². The molecule has 2 fully saturated rings. The van der Waals surface area contributed by atoms with Gasteiger partial charge in [-0.1, -0.05) is 6.42 Å². The lowest BCUT2D eigenvalue weighted by Crippen LogP contribution is -2.13.